The Labute approximate surface area is 189 Å². The number of hydrogen-bond acceptors (Lipinski definition) is 6. The Morgan fingerprint density at radius 2 is 1.94 bits per heavy atom. The Morgan fingerprint density at radius 1 is 1.09 bits per heavy atom. The highest BCUT2D eigenvalue weighted by Gasteiger charge is 2.27. The molecule has 8 heteroatoms. The Bertz CT molecular complexity index is 1280. The van der Waals surface area contributed by atoms with Gasteiger partial charge in [-0.25, -0.2) is 9.67 Å². The van der Waals surface area contributed by atoms with Gasteiger partial charge in [-0.3, -0.25) is 10.1 Å². The molecule has 1 N–H and O–H groups in total. The molecule has 7 nitrogen and oxygen atoms in total. The molecule has 1 aliphatic rings. The number of carbonyl (C=O) groups is 1. The summed E-state index contributed by atoms with van der Waals surface area (Å²) in [5, 5.41) is 9.99. The zero-order valence-corrected chi connectivity index (χ0v) is 18.6. The topological polar surface area (TPSA) is 78.3 Å². The van der Waals surface area contributed by atoms with Gasteiger partial charge in [-0.2, -0.15) is 5.10 Å². The van der Waals surface area contributed by atoms with Gasteiger partial charge in [0.05, 0.1) is 25.6 Å². The van der Waals surface area contributed by atoms with E-state index >= 15 is 0 Å². The van der Waals surface area contributed by atoms with Crippen LogP contribution in [0.2, 0.25) is 0 Å². The predicted octanol–water partition coefficient (Wildman–Crippen LogP) is 4.75. The Hall–Kier alpha value is -3.65. The SMILES string of the molecule is COc1ccc(OC)c(-c2csc(NC(=O)c3nn(-c4ccccc4)c4c3CCC4)n2)c1. The summed E-state index contributed by atoms with van der Waals surface area (Å²) in [6.07, 6.45) is 2.80. The molecule has 2 aromatic heterocycles. The van der Waals surface area contributed by atoms with Crippen molar-refractivity contribution in [2.75, 3.05) is 19.5 Å². The number of rotatable bonds is 6. The van der Waals surface area contributed by atoms with E-state index in [0.29, 0.717) is 28.0 Å². The third-order valence-corrected chi connectivity index (χ3v) is 6.31. The molecule has 1 amide bonds. The Morgan fingerprint density at radius 3 is 2.72 bits per heavy atom. The summed E-state index contributed by atoms with van der Waals surface area (Å²) in [7, 11) is 3.23. The van der Waals surface area contributed by atoms with Gasteiger partial charge in [0, 0.05) is 22.2 Å². The van der Waals surface area contributed by atoms with Crippen LogP contribution in [-0.4, -0.2) is 34.9 Å². The summed E-state index contributed by atoms with van der Waals surface area (Å²) in [5.41, 5.74) is 5.09. The lowest BCUT2D eigenvalue weighted by Gasteiger charge is -2.08. The number of fused-ring (bicyclic) bond motifs is 1. The molecule has 0 saturated heterocycles. The van der Waals surface area contributed by atoms with Crippen LogP contribution in [0.25, 0.3) is 16.9 Å². The Balaban J connectivity index is 1.43. The maximum absolute atomic E-state index is 13.1. The zero-order valence-electron chi connectivity index (χ0n) is 17.8. The van der Waals surface area contributed by atoms with E-state index in [4.69, 9.17) is 9.47 Å². The van der Waals surface area contributed by atoms with Crippen molar-refractivity contribution in [1.29, 1.82) is 0 Å². The molecule has 0 aliphatic heterocycles. The van der Waals surface area contributed by atoms with Crippen LogP contribution in [0.5, 0.6) is 11.5 Å². The van der Waals surface area contributed by atoms with E-state index in [1.54, 1.807) is 14.2 Å². The first-order valence-corrected chi connectivity index (χ1v) is 11.2. The molecule has 5 rings (SSSR count). The normalized spacial score (nSPS) is 12.4. The predicted molar refractivity (Wildman–Crippen MR) is 124 cm³/mol. The maximum Gasteiger partial charge on any atom is 0.278 e. The van der Waals surface area contributed by atoms with E-state index < -0.39 is 0 Å². The summed E-state index contributed by atoms with van der Waals surface area (Å²) in [6.45, 7) is 0. The van der Waals surface area contributed by atoms with Crippen molar-refractivity contribution in [3.8, 4) is 28.4 Å². The minimum atomic E-state index is -0.240. The van der Waals surface area contributed by atoms with Crippen molar-refractivity contribution in [2.24, 2.45) is 0 Å². The fraction of sp³-hybridized carbons (Fsp3) is 0.208. The molecule has 0 saturated carbocycles. The van der Waals surface area contributed by atoms with Gasteiger partial charge >= 0.3 is 0 Å². The van der Waals surface area contributed by atoms with Gasteiger partial charge in [-0.1, -0.05) is 18.2 Å². The van der Waals surface area contributed by atoms with Crippen molar-refractivity contribution < 1.29 is 14.3 Å². The van der Waals surface area contributed by atoms with Crippen LogP contribution < -0.4 is 14.8 Å². The fourth-order valence-corrected chi connectivity index (χ4v) is 4.73. The summed E-state index contributed by atoms with van der Waals surface area (Å²) < 4.78 is 12.7. The Kier molecular flexibility index (Phi) is 5.36. The van der Waals surface area contributed by atoms with Crippen LogP contribution in [0.1, 0.15) is 28.2 Å². The molecule has 1 aliphatic carbocycles. The van der Waals surface area contributed by atoms with Crippen LogP contribution in [-0.2, 0) is 12.8 Å². The van der Waals surface area contributed by atoms with Crippen molar-refractivity contribution in [3.05, 3.63) is 70.9 Å². The molecule has 2 heterocycles. The van der Waals surface area contributed by atoms with Crippen LogP contribution in [0.15, 0.2) is 53.9 Å². The molecule has 0 radical (unpaired) electrons. The number of aromatic nitrogens is 3. The van der Waals surface area contributed by atoms with Crippen LogP contribution in [0.3, 0.4) is 0 Å². The number of ether oxygens (including phenoxy) is 2. The average molecular weight is 447 g/mol. The number of methoxy groups -OCH3 is 2. The molecule has 32 heavy (non-hydrogen) atoms. The lowest BCUT2D eigenvalue weighted by Crippen LogP contribution is -2.14. The highest BCUT2D eigenvalue weighted by Crippen LogP contribution is 2.35. The van der Waals surface area contributed by atoms with Crippen molar-refractivity contribution >= 4 is 22.4 Å². The minimum Gasteiger partial charge on any atom is -0.497 e. The first-order chi connectivity index (χ1) is 15.7. The molecule has 0 atom stereocenters. The summed E-state index contributed by atoms with van der Waals surface area (Å²) in [6, 6.07) is 15.5. The van der Waals surface area contributed by atoms with Crippen molar-refractivity contribution in [3.63, 3.8) is 0 Å². The molecule has 4 aromatic rings. The second-order valence-corrected chi connectivity index (χ2v) is 8.29. The standard InChI is InChI=1S/C24H22N4O3S/c1-30-16-11-12-21(31-2)18(13-16)19-14-32-24(25-19)26-23(29)22-17-9-6-10-20(17)28(27-22)15-7-4-3-5-8-15/h3-5,7-8,11-14H,6,9-10H2,1-2H3,(H,25,26,29). The van der Waals surface area contributed by atoms with Gasteiger partial charge < -0.3 is 9.47 Å². The molecule has 0 fully saturated rings. The molecule has 0 bridgehead atoms. The van der Waals surface area contributed by atoms with E-state index in [1.165, 1.54) is 11.3 Å². The molecular formula is C24H22N4O3S. The molecule has 0 unspecified atom stereocenters. The van der Waals surface area contributed by atoms with Gasteiger partial charge in [-0.05, 0) is 49.6 Å². The first-order valence-electron chi connectivity index (χ1n) is 10.3. The van der Waals surface area contributed by atoms with E-state index in [9.17, 15) is 4.79 Å². The van der Waals surface area contributed by atoms with Crippen molar-refractivity contribution in [2.45, 2.75) is 19.3 Å². The lowest BCUT2D eigenvalue weighted by atomic mass is 10.1. The zero-order chi connectivity index (χ0) is 22.1. The number of carbonyl (C=O) groups excluding carboxylic acids is 1. The van der Waals surface area contributed by atoms with Gasteiger partial charge in [0.25, 0.3) is 5.91 Å². The van der Waals surface area contributed by atoms with Gasteiger partial charge in [-0.15, -0.1) is 11.3 Å². The highest BCUT2D eigenvalue weighted by atomic mass is 32.1. The average Bonchev–Trinajstić information content (AvgIpc) is 3.56. The lowest BCUT2D eigenvalue weighted by molar-refractivity contribution is 0.102. The highest BCUT2D eigenvalue weighted by molar-refractivity contribution is 7.14. The smallest absolute Gasteiger partial charge is 0.278 e. The van der Waals surface area contributed by atoms with Gasteiger partial charge in [0.2, 0.25) is 0 Å². The molecular weight excluding hydrogens is 424 g/mol. The number of nitrogens with one attached hydrogen (secondary N) is 1. The van der Waals surface area contributed by atoms with Crippen LogP contribution in [0.4, 0.5) is 5.13 Å². The number of nitrogens with zero attached hydrogens (tertiary/aromatic N) is 3. The minimum absolute atomic E-state index is 0.240. The van der Waals surface area contributed by atoms with E-state index in [1.807, 2.05) is 58.6 Å². The number of thiazole rings is 1. The largest absolute Gasteiger partial charge is 0.497 e. The van der Waals surface area contributed by atoms with Crippen LogP contribution in [0, 0.1) is 0 Å². The molecule has 2 aromatic carbocycles. The summed E-state index contributed by atoms with van der Waals surface area (Å²) in [5.74, 6) is 1.16. The summed E-state index contributed by atoms with van der Waals surface area (Å²) >= 11 is 1.36. The fourth-order valence-electron chi connectivity index (χ4n) is 4.03. The van der Waals surface area contributed by atoms with Gasteiger partial charge in [0.1, 0.15) is 11.5 Å². The third kappa shape index (κ3) is 3.62. The molecule has 162 valence electrons. The third-order valence-electron chi connectivity index (χ3n) is 5.55. The monoisotopic (exact) mass is 446 g/mol. The number of anilines is 1. The second kappa shape index (κ2) is 8.47. The van der Waals surface area contributed by atoms with E-state index in [0.717, 1.165) is 41.8 Å². The number of amides is 1. The number of benzene rings is 2. The van der Waals surface area contributed by atoms with Gasteiger partial charge in [0.15, 0.2) is 10.8 Å². The maximum atomic E-state index is 13.1. The first kappa shape index (κ1) is 20.3. The van der Waals surface area contributed by atoms with Crippen molar-refractivity contribution in [1.82, 2.24) is 14.8 Å². The summed E-state index contributed by atoms with van der Waals surface area (Å²) in [4.78, 5) is 17.7. The van der Waals surface area contributed by atoms with E-state index in [-0.39, 0.29) is 5.91 Å². The quantitative estimate of drug-likeness (QED) is 0.462. The van der Waals surface area contributed by atoms with E-state index in [2.05, 4.69) is 15.4 Å². The molecule has 0 spiro atoms. The second-order valence-electron chi connectivity index (χ2n) is 7.43. The number of hydrogen-bond donors (Lipinski definition) is 1. The van der Waals surface area contributed by atoms with Crippen LogP contribution >= 0.6 is 11.3 Å². The number of para-hydroxylation sites is 1.